The fourth-order valence-corrected chi connectivity index (χ4v) is 4.35. The number of alkyl carbamates (subject to hydrolysis) is 1. The summed E-state index contributed by atoms with van der Waals surface area (Å²) in [4.78, 5) is 29.9. The van der Waals surface area contributed by atoms with Gasteiger partial charge < -0.3 is 20.3 Å². The number of hydrogen-bond acceptors (Lipinski definition) is 6. The standard InChI is InChI=1S/C19H22F4N4O3S/c1-10(8-20)30-18(29)25-11-3-5-27(6-4-11)14-7-13(19(21,22)23)16-15(26-14)12(9-31-16)17(28)24-2/h7,9-11H,3-6,8H2,1-2H3,(H,24,28)(H,25,29). The van der Waals surface area contributed by atoms with Crippen molar-refractivity contribution < 1.29 is 31.9 Å². The molecule has 1 atom stereocenters. The number of carbonyl (C=O) groups is 2. The highest BCUT2D eigenvalue weighted by Gasteiger charge is 2.36. The maximum Gasteiger partial charge on any atom is 0.417 e. The number of anilines is 1. The molecular formula is C19H22F4N4O3S. The lowest BCUT2D eigenvalue weighted by Crippen LogP contribution is -2.45. The molecule has 12 heteroatoms. The van der Waals surface area contributed by atoms with Crippen molar-refractivity contribution in [1.82, 2.24) is 15.6 Å². The second-order valence-electron chi connectivity index (χ2n) is 7.21. The molecule has 3 heterocycles. The van der Waals surface area contributed by atoms with Crippen molar-refractivity contribution in [3.8, 4) is 0 Å². The summed E-state index contributed by atoms with van der Waals surface area (Å²) in [6, 6.07) is 0.751. The number of aromatic nitrogens is 1. The predicted molar refractivity (Wildman–Crippen MR) is 108 cm³/mol. The summed E-state index contributed by atoms with van der Waals surface area (Å²) >= 11 is 0.830. The third kappa shape index (κ3) is 5.17. The lowest BCUT2D eigenvalue weighted by Gasteiger charge is -2.33. The second-order valence-corrected chi connectivity index (χ2v) is 8.09. The van der Waals surface area contributed by atoms with E-state index in [2.05, 4.69) is 15.6 Å². The molecule has 1 fully saturated rings. The van der Waals surface area contributed by atoms with Gasteiger partial charge in [0.25, 0.3) is 5.91 Å². The van der Waals surface area contributed by atoms with E-state index in [0.29, 0.717) is 25.9 Å². The molecule has 1 aliphatic rings. The van der Waals surface area contributed by atoms with Gasteiger partial charge in [-0.15, -0.1) is 11.3 Å². The Kier molecular flexibility index (Phi) is 6.87. The molecule has 31 heavy (non-hydrogen) atoms. The third-order valence-corrected chi connectivity index (χ3v) is 5.96. The number of hydrogen-bond donors (Lipinski definition) is 2. The smallest absolute Gasteiger partial charge is 0.417 e. The predicted octanol–water partition coefficient (Wildman–Crippen LogP) is 3.73. The van der Waals surface area contributed by atoms with Crippen LogP contribution in [-0.2, 0) is 10.9 Å². The van der Waals surface area contributed by atoms with Crippen LogP contribution < -0.4 is 15.5 Å². The zero-order chi connectivity index (χ0) is 22.8. The number of nitrogens with zero attached hydrogens (tertiary/aromatic N) is 2. The highest BCUT2D eigenvalue weighted by Crippen LogP contribution is 2.40. The maximum absolute atomic E-state index is 13.7. The van der Waals surface area contributed by atoms with Crippen LogP contribution in [0, 0.1) is 0 Å². The monoisotopic (exact) mass is 462 g/mol. The van der Waals surface area contributed by atoms with Gasteiger partial charge >= 0.3 is 12.3 Å². The van der Waals surface area contributed by atoms with E-state index < -0.39 is 36.5 Å². The summed E-state index contributed by atoms with van der Waals surface area (Å²) in [5, 5.41) is 6.43. The number of fused-ring (bicyclic) bond motifs is 1. The quantitative estimate of drug-likeness (QED) is 0.662. The summed E-state index contributed by atoms with van der Waals surface area (Å²) in [5.74, 6) is -0.386. The molecule has 2 aromatic heterocycles. The molecule has 170 valence electrons. The topological polar surface area (TPSA) is 83.6 Å². The van der Waals surface area contributed by atoms with E-state index in [9.17, 15) is 27.2 Å². The number of carbonyl (C=O) groups excluding carboxylic acids is 2. The lowest BCUT2D eigenvalue weighted by molar-refractivity contribution is -0.136. The first kappa shape index (κ1) is 23.0. The van der Waals surface area contributed by atoms with Crippen molar-refractivity contribution in [3.63, 3.8) is 0 Å². The van der Waals surface area contributed by atoms with Crippen LogP contribution in [0.5, 0.6) is 0 Å². The van der Waals surface area contributed by atoms with E-state index in [0.717, 1.165) is 17.4 Å². The summed E-state index contributed by atoms with van der Waals surface area (Å²) in [6.45, 7) is 1.33. The van der Waals surface area contributed by atoms with Crippen LogP contribution in [0.25, 0.3) is 10.2 Å². The Bertz CT molecular complexity index is 958. The Morgan fingerprint density at radius 2 is 2.03 bits per heavy atom. The Morgan fingerprint density at radius 3 is 2.61 bits per heavy atom. The lowest BCUT2D eigenvalue weighted by atomic mass is 10.0. The van der Waals surface area contributed by atoms with Crippen molar-refractivity contribution in [2.45, 2.75) is 38.1 Å². The van der Waals surface area contributed by atoms with Crippen LogP contribution in [0.4, 0.5) is 28.2 Å². The largest absolute Gasteiger partial charge is 0.444 e. The molecule has 1 aliphatic heterocycles. The molecular weight excluding hydrogens is 440 g/mol. The first-order valence-corrected chi connectivity index (χ1v) is 10.5. The molecule has 2 N–H and O–H groups in total. The van der Waals surface area contributed by atoms with E-state index in [4.69, 9.17) is 4.74 Å². The van der Waals surface area contributed by atoms with Gasteiger partial charge in [0.05, 0.1) is 21.3 Å². The molecule has 1 saturated heterocycles. The second kappa shape index (κ2) is 9.25. The Hall–Kier alpha value is -2.63. The third-order valence-electron chi connectivity index (χ3n) is 4.95. The molecule has 2 aromatic rings. The number of thiophene rings is 1. The van der Waals surface area contributed by atoms with E-state index in [1.165, 1.54) is 19.4 Å². The van der Waals surface area contributed by atoms with E-state index in [1.807, 2.05) is 0 Å². The molecule has 2 amide bonds. The van der Waals surface area contributed by atoms with Crippen LogP contribution >= 0.6 is 11.3 Å². The Morgan fingerprint density at radius 1 is 1.35 bits per heavy atom. The summed E-state index contributed by atoms with van der Waals surface area (Å²) in [7, 11) is 1.40. The number of nitrogens with one attached hydrogen (secondary N) is 2. The molecule has 0 radical (unpaired) electrons. The van der Waals surface area contributed by atoms with Gasteiger partial charge in [0.2, 0.25) is 0 Å². The molecule has 7 nitrogen and oxygen atoms in total. The summed E-state index contributed by atoms with van der Waals surface area (Å²) < 4.78 is 58.2. The molecule has 0 saturated carbocycles. The Balaban J connectivity index is 1.80. The molecule has 3 rings (SSSR count). The van der Waals surface area contributed by atoms with Crippen LogP contribution in [0.1, 0.15) is 35.7 Å². The number of pyridine rings is 1. The van der Waals surface area contributed by atoms with E-state index in [1.54, 1.807) is 4.90 Å². The molecule has 1 unspecified atom stereocenters. The first-order chi connectivity index (χ1) is 14.6. The van der Waals surface area contributed by atoms with Gasteiger partial charge in [0.1, 0.15) is 18.6 Å². The van der Waals surface area contributed by atoms with Crippen LogP contribution in [0.3, 0.4) is 0 Å². The highest BCUT2D eigenvalue weighted by atomic mass is 32.1. The van der Waals surface area contributed by atoms with Crippen LogP contribution in [0.15, 0.2) is 11.4 Å². The SMILES string of the molecule is CNC(=O)c1csc2c(C(F)(F)F)cc(N3CCC(NC(=O)OC(C)CF)CC3)nc12. The average Bonchev–Trinajstić information content (AvgIpc) is 3.16. The van der Waals surface area contributed by atoms with Crippen molar-refractivity contribution >= 4 is 39.4 Å². The van der Waals surface area contributed by atoms with Gasteiger partial charge in [0, 0.05) is 31.6 Å². The Labute approximate surface area is 179 Å². The zero-order valence-electron chi connectivity index (χ0n) is 16.9. The van der Waals surface area contributed by atoms with Gasteiger partial charge in [-0.2, -0.15) is 13.2 Å². The zero-order valence-corrected chi connectivity index (χ0v) is 17.7. The molecule has 0 spiro atoms. The van der Waals surface area contributed by atoms with Gasteiger partial charge in [-0.1, -0.05) is 0 Å². The van der Waals surface area contributed by atoms with Crippen molar-refractivity contribution in [3.05, 3.63) is 22.6 Å². The van der Waals surface area contributed by atoms with Crippen LogP contribution in [0.2, 0.25) is 0 Å². The normalized spacial score (nSPS) is 16.3. The van der Waals surface area contributed by atoms with Gasteiger partial charge in [0.15, 0.2) is 0 Å². The minimum atomic E-state index is -4.60. The van der Waals surface area contributed by atoms with Crippen molar-refractivity contribution in [2.24, 2.45) is 0 Å². The van der Waals surface area contributed by atoms with E-state index in [-0.39, 0.29) is 27.6 Å². The highest BCUT2D eigenvalue weighted by molar-refractivity contribution is 7.17. The molecule has 0 aliphatic carbocycles. The molecule has 0 bridgehead atoms. The average molecular weight is 462 g/mol. The maximum atomic E-state index is 13.7. The minimum absolute atomic E-state index is 0.0122. The number of ether oxygens (including phenoxy) is 1. The van der Waals surface area contributed by atoms with Gasteiger partial charge in [-0.05, 0) is 25.8 Å². The summed E-state index contributed by atoms with van der Waals surface area (Å²) in [5.41, 5.74) is -0.731. The van der Waals surface area contributed by atoms with Gasteiger partial charge in [-0.25, -0.2) is 14.2 Å². The number of alkyl halides is 4. The fourth-order valence-electron chi connectivity index (χ4n) is 3.33. The minimum Gasteiger partial charge on any atom is -0.444 e. The number of rotatable bonds is 5. The van der Waals surface area contributed by atoms with Crippen molar-refractivity contribution in [2.75, 3.05) is 31.7 Å². The fraction of sp³-hybridized carbons (Fsp3) is 0.526. The van der Waals surface area contributed by atoms with Crippen LogP contribution in [-0.4, -0.2) is 55.9 Å². The summed E-state index contributed by atoms with van der Waals surface area (Å²) in [6.07, 6.45) is -5.27. The van der Waals surface area contributed by atoms with Gasteiger partial charge in [-0.3, -0.25) is 4.79 Å². The number of amides is 2. The van der Waals surface area contributed by atoms with E-state index >= 15 is 0 Å². The number of halogens is 4. The van der Waals surface area contributed by atoms with Crippen molar-refractivity contribution in [1.29, 1.82) is 0 Å². The molecule has 0 aromatic carbocycles. The number of piperidine rings is 1. The first-order valence-electron chi connectivity index (χ1n) is 9.63.